The van der Waals surface area contributed by atoms with Crippen molar-refractivity contribution < 1.29 is 13.2 Å². The standard InChI is InChI=1S/C13H16N4O3S/c1-3-11-15-12(8-13(16-11)20-2)17-21(18,19)10-6-4-9(14)5-7-10/h4-8H,3,14H2,1-2H3,(H,15,16,17). The maximum Gasteiger partial charge on any atom is 0.263 e. The van der Waals surface area contributed by atoms with Crippen LogP contribution in [-0.4, -0.2) is 25.5 Å². The molecule has 0 radical (unpaired) electrons. The van der Waals surface area contributed by atoms with Crippen LogP contribution in [0.4, 0.5) is 11.5 Å². The van der Waals surface area contributed by atoms with Gasteiger partial charge in [0.1, 0.15) is 11.6 Å². The van der Waals surface area contributed by atoms with Crippen LogP contribution in [0.15, 0.2) is 35.2 Å². The highest BCUT2D eigenvalue weighted by Gasteiger charge is 2.16. The third-order valence-electron chi connectivity index (χ3n) is 2.70. The van der Waals surface area contributed by atoms with E-state index in [1.54, 1.807) is 0 Å². The fourth-order valence-corrected chi connectivity index (χ4v) is 2.62. The van der Waals surface area contributed by atoms with Crippen LogP contribution in [0, 0.1) is 0 Å². The summed E-state index contributed by atoms with van der Waals surface area (Å²) in [6, 6.07) is 7.32. The number of sulfonamides is 1. The summed E-state index contributed by atoms with van der Waals surface area (Å²) in [4.78, 5) is 8.33. The molecule has 1 aromatic carbocycles. The number of methoxy groups -OCH3 is 1. The molecule has 7 nitrogen and oxygen atoms in total. The molecule has 0 fully saturated rings. The largest absolute Gasteiger partial charge is 0.481 e. The van der Waals surface area contributed by atoms with Gasteiger partial charge in [0.05, 0.1) is 12.0 Å². The Morgan fingerprint density at radius 3 is 2.48 bits per heavy atom. The molecule has 2 aromatic rings. The van der Waals surface area contributed by atoms with Gasteiger partial charge in [-0.25, -0.2) is 13.4 Å². The topological polar surface area (TPSA) is 107 Å². The van der Waals surface area contributed by atoms with Gasteiger partial charge in [-0.15, -0.1) is 0 Å². The molecule has 1 heterocycles. The highest BCUT2D eigenvalue weighted by atomic mass is 32.2. The molecule has 0 atom stereocenters. The van der Waals surface area contributed by atoms with Gasteiger partial charge >= 0.3 is 0 Å². The molecule has 2 rings (SSSR count). The lowest BCUT2D eigenvalue weighted by Gasteiger charge is -2.09. The number of hydrogen-bond donors (Lipinski definition) is 2. The van der Waals surface area contributed by atoms with Crippen molar-refractivity contribution >= 4 is 21.5 Å². The van der Waals surface area contributed by atoms with E-state index in [0.29, 0.717) is 23.8 Å². The van der Waals surface area contributed by atoms with Crippen molar-refractivity contribution in [3.63, 3.8) is 0 Å². The van der Waals surface area contributed by atoms with E-state index in [4.69, 9.17) is 10.5 Å². The molecule has 0 aliphatic rings. The summed E-state index contributed by atoms with van der Waals surface area (Å²) in [6.07, 6.45) is 0.563. The summed E-state index contributed by atoms with van der Waals surface area (Å²) in [6.45, 7) is 1.87. The number of hydrogen-bond acceptors (Lipinski definition) is 6. The number of aryl methyl sites for hydroxylation is 1. The molecular formula is C13H16N4O3S. The van der Waals surface area contributed by atoms with Gasteiger partial charge in [0.15, 0.2) is 0 Å². The Morgan fingerprint density at radius 2 is 1.90 bits per heavy atom. The van der Waals surface area contributed by atoms with Gasteiger partial charge in [-0.1, -0.05) is 6.92 Å². The zero-order chi connectivity index (χ0) is 15.5. The van der Waals surface area contributed by atoms with Gasteiger partial charge in [-0.3, -0.25) is 4.72 Å². The first kappa shape index (κ1) is 15.0. The fraction of sp³-hybridized carbons (Fsp3) is 0.231. The van der Waals surface area contributed by atoms with Crippen molar-refractivity contribution in [1.82, 2.24) is 9.97 Å². The van der Waals surface area contributed by atoms with Crippen LogP contribution >= 0.6 is 0 Å². The van der Waals surface area contributed by atoms with Gasteiger partial charge in [0.25, 0.3) is 10.0 Å². The number of ether oxygens (including phenoxy) is 1. The molecule has 3 N–H and O–H groups in total. The first-order chi connectivity index (χ1) is 9.94. The molecule has 0 aliphatic heterocycles. The van der Waals surface area contributed by atoms with Crippen LogP contribution in [0.5, 0.6) is 5.88 Å². The maximum absolute atomic E-state index is 12.3. The van der Waals surface area contributed by atoms with Crippen molar-refractivity contribution in [2.45, 2.75) is 18.2 Å². The maximum atomic E-state index is 12.3. The number of anilines is 2. The number of aromatic nitrogens is 2. The molecule has 8 heteroatoms. The van der Waals surface area contributed by atoms with Crippen LogP contribution in [0.2, 0.25) is 0 Å². The first-order valence-corrected chi connectivity index (χ1v) is 7.73. The first-order valence-electron chi connectivity index (χ1n) is 6.25. The summed E-state index contributed by atoms with van der Waals surface area (Å²) in [5, 5.41) is 0. The Labute approximate surface area is 123 Å². The summed E-state index contributed by atoms with van der Waals surface area (Å²) in [5.74, 6) is 0.955. The van der Waals surface area contributed by atoms with Gasteiger partial charge < -0.3 is 10.5 Å². The average Bonchev–Trinajstić information content (AvgIpc) is 2.46. The van der Waals surface area contributed by atoms with Crippen molar-refractivity contribution in [3.05, 3.63) is 36.2 Å². The molecule has 0 aliphatic carbocycles. The lowest BCUT2D eigenvalue weighted by molar-refractivity contribution is 0.395. The van der Waals surface area contributed by atoms with Crippen molar-refractivity contribution in [1.29, 1.82) is 0 Å². The molecule has 0 spiro atoms. The minimum Gasteiger partial charge on any atom is -0.481 e. The van der Waals surface area contributed by atoms with Crippen molar-refractivity contribution in [2.75, 3.05) is 17.6 Å². The second-order valence-electron chi connectivity index (χ2n) is 4.24. The highest BCUT2D eigenvalue weighted by Crippen LogP contribution is 2.19. The van der Waals surface area contributed by atoms with Crippen LogP contribution in [0.1, 0.15) is 12.7 Å². The zero-order valence-corrected chi connectivity index (χ0v) is 12.5. The van der Waals surface area contributed by atoms with E-state index in [0.717, 1.165) is 0 Å². The van der Waals surface area contributed by atoms with Crippen molar-refractivity contribution in [2.24, 2.45) is 0 Å². The summed E-state index contributed by atoms with van der Waals surface area (Å²) in [5.41, 5.74) is 6.04. The monoisotopic (exact) mass is 308 g/mol. The Balaban J connectivity index is 2.34. The van der Waals surface area contributed by atoms with Gasteiger partial charge in [0.2, 0.25) is 5.88 Å². The van der Waals surface area contributed by atoms with Gasteiger partial charge in [-0.05, 0) is 24.3 Å². The third kappa shape index (κ3) is 3.60. The molecule has 1 aromatic heterocycles. The predicted octanol–water partition coefficient (Wildman–Crippen LogP) is 1.43. The van der Waals surface area contributed by atoms with Crippen LogP contribution in [0.3, 0.4) is 0 Å². The van der Waals surface area contributed by atoms with Crippen molar-refractivity contribution in [3.8, 4) is 5.88 Å². The predicted molar refractivity (Wildman–Crippen MR) is 79.6 cm³/mol. The Kier molecular flexibility index (Phi) is 4.27. The third-order valence-corrected chi connectivity index (χ3v) is 4.07. The molecule has 21 heavy (non-hydrogen) atoms. The molecule has 0 saturated carbocycles. The van der Waals surface area contributed by atoms with Gasteiger partial charge in [0, 0.05) is 18.2 Å². The second kappa shape index (κ2) is 5.96. The lowest BCUT2D eigenvalue weighted by Crippen LogP contribution is -2.15. The Hall–Kier alpha value is -2.35. The molecule has 0 unspecified atom stereocenters. The zero-order valence-electron chi connectivity index (χ0n) is 11.7. The molecule has 0 saturated heterocycles. The molecule has 0 bridgehead atoms. The van der Waals surface area contributed by atoms with Crippen LogP contribution < -0.4 is 15.2 Å². The van der Waals surface area contributed by atoms with E-state index in [2.05, 4.69) is 14.7 Å². The van der Waals surface area contributed by atoms with E-state index >= 15 is 0 Å². The number of nitrogen functional groups attached to an aromatic ring is 1. The minimum absolute atomic E-state index is 0.104. The SMILES string of the molecule is CCc1nc(NS(=O)(=O)c2ccc(N)cc2)cc(OC)n1. The van der Waals surface area contributed by atoms with E-state index < -0.39 is 10.0 Å². The summed E-state index contributed by atoms with van der Waals surface area (Å²) < 4.78 is 32.0. The smallest absolute Gasteiger partial charge is 0.263 e. The average molecular weight is 308 g/mol. The quantitative estimate of drug-likeness (QED) is 0.809. The normalized spacial score (nSPS) is 11.1. The number of nitrogens with two attached hydrogens (primary N) is 1. The molecular weight excluding hydrogens is 292 g/mol. The Morgan fingerprint density at radius 1 is 1.24 bits per heavy atom. The highest BCUT2D eigenvalue weighted by molar-refractivity contribution is 7.92. The lowest BCUT2D eigenvalue weighted by atomic mass is 10.3. The number of benzene rings is 1. The van der Waals surface area contributed by atoms with E-state index in [-0.39, 0.29) is 10.7 Å². The number of nitrogens with one attached hydrogen (secondary N) is 1. The van der Waals surface area contributed by atoms with Crippen LogP contribution in [0.25, 0.3) is 0 Å². The molecule has 0 amide bonds. The second-order valence-corrected chi connectivity index (χ2v) is 5.92. The summed E-state index contributed by atoms with van der Waals surface area (Å²) in [7, 11) is -2.27. The number of rotatable bonds is 5. The van der Waals surface area contributed by atoms with Gasteiger partial charge in [-0.2, -0.15) is 4.98 Å². The fourth-order valence-electron chi connectivity index (χ4n) is 1.63. The summed E-state index contributed by atoms with van der Waals surface area (Å²) >= 11 is 0. The van der Waals surface area contributed by atoms with E-state index in [9.17, 15) is 8.42 Å². The van der Waals surface area contributed by atoms with E-state index in [1.165, 1.54) is 37.4 Å². The van der Waals surface area contributed by atoms with Crippen LogP contribution in [-0.2, 0) is 16.4 Å². The number of nitrogens with zero attached hydrogens (tertiary/aromatic N) is 2. The molecule has 112 valence electrons. The van der Waals surface area contributed by atoms with E-state index in [1.807, 2.05) is 6.92 Å². The minimum atomic E-state index is -3.73. The Bertz CT molecular complexity index is 707.